The average molecular weight is 284 g/mol. The van der Waals surface area contributed by atoms with E-state index in [1.807, 2.05) is 24.3 Å². The molecule has 0 saturated heterocycles. The van der Waals surface area contributed by atoms with Crippen molar-refractivity contribution >= 4 is 11.5 Å². The molecule has 1 aliphatic rings. The molecular weight excluding hydrogens is 264 g/mol. The predicted molar refractivity (Wildman–Crippen MR) is 83.3 cm³/mol. The van der Waals surface area contributed by atoms with Crippen LogP contribution < -0.4 is 15.8 Å². The number of ether oxygens (including phenoxy) is 1. The van der Waals surface area contributed by atoms with Crippen molar-refractivity contribution in [2.24, 2.45) is 5.92 Å². The Morgan fingerprint density at radius 1 is 1.19 bits per heavy atom. The topological polar surface area (TPSA) is 73.1 Å². The molecule has 2 heterocycles. The quantitative estimate of drug-likeness (QED) is 0.817. The minimum absolute atomic E-state index is 0.538. The monoisotopic (exact) mass is 284 g/mol. The second-order valence-electron chi connectivity index (χ2n) is 5.38. The SMILES string of the molecule is Nc1ccc(NCCc2ccncc2)nc1OCC1CC1. The van der Waals surface area contributed by atoms with Crippen molar-refractivity contribution in [2.45, 2.75) is 19.3 Å². The van der Waals surface area contributed by atoms with Gasteiger partial charge in [0.15, 0.2) is 0 Å². The van der Waals surface area contributed by atoms with Gasteiger partial charge in [0.05, 0.1) is 12.3 Å². The van der Waals surface area contributed by atoms with Crippen LogP contribution in [-0.2, 0) is 6.42 Å². The molecule has 1 fully saturated rings. The van der Waals surface area contributed by atoms with Crippen LogP contribution in [0.15, 0.2) is 36.7 Å². The molecule has 0 amide bonds. The third kappa shape index (κ3) is 4.08. The number of nitrogens with one attached hydrogen (secondary N) is 1. The summed E-state index contributed by atoms with van der Waals surface area (Å²) in [5.74, 6) is 2.02. The Bertz CT molecular complexity index is 584. The molecule has 0 spiro atoms. The predicted octanol–water partition coefficient (Wildman–Crippen LogP) is 2.50. The van der Waals surface area contributed by atoms with Gasteiger partial charge in [-0.2, -0.15) is 4.98 Å². The molecule has 2 aromatic rings. The van der Waals surface area contributed by atoms with Crippen LogP contribution in [0.4, 0.5) is 11.5 Å². The van der Waals surface area contributed by atoms with Crippen molar-refractivity contribution in [3.05, 3.63) is 42.2 Å². The molecule has 5 nitrogen and oxygen atoms in total. The molecule has 1 aliphatic carbocycles. The molecule has 3 N–H and O–H groups in total. The largest absolute Gasteiger partial charge is 0.476 e. The zero-order chi connectivity index (χ0) is 14.5. The van der Waals surface area contributed by atoms with E-state index in [1.165, 1.54) is 18.4 Å². The zero-order valence-corrected chi connectivity index (χ0v) is 12.0. The third-order valence-electron chi connectivity index (χ3n) is 3.51. The maximum absolute atomic E-state index is 5.89. The van der Waals surface area contributed by atoms with E-state index in [9.17, 15) is 0 Å². The summed E-state index contributed by atoms with van der Waals surface area (Å²) in [6, 6.07) is 7.75. The molecule has 5 heteroatoms. The van der Waals surface area contributed by atoms with Gasteiger partial charge in [-0.15, -0.1) is 0 Å². The van der Waals surface area contributed by atoms with Gasteiger partial charge in [0.1, 0.15) is 5.82 Å². The highest BCUT2D eigenvalue weighted by Crippen LogP contribution is 2.30. The van der Waals surface area contributed by atoms with Crippen LogP contribution in [0.5, 0.6) is 5.88 Å². The van der Waals surface area contributed by atoms with Gasteiger partial charge in [-0.1, -0.05) is 0 Å². The average Bonchev–Trinajstić information content (AvgIpc) is 3.33. The summed E-state index contributed by atoms with van der Waals surface area (Å²) in [6.45, 7) is 1.53. The number of pyridine rings is 2. The molecule has 2 aromatic heterocycles. The summed E-state index contributed by atoms with van der Waals surface area (Å²) in [5.41, 5.74) is 7.73. The lowest BCUT2D eigenvalue weighted by Crippen LogP contribution is -2.09. The zero-order valence-electron chi connectivity index (χ0n) is 12.0. The Hall–Kier alpha value is -2.30. The van der Waals surface area contributed by atoms with E-state index in [4.69, 9.17) is 10.5 Å². The normalized spacial score (nSPS) is 13.9. The first-order valence-electron chi connectivity index (χ1n) is 7.33. The van der Waals surface area contributed by atoms with Crippen LogP contribution in [0.2, 0.25) is 0 Å². The standard InChI is InChI=1S/C16H20N4O/c17-14-3-4-15(20-16(14)21-11-13-1-2-13)19-10-7-12-5-8-18-9-6-12/h3-6,8-9,13H,1-2,7,10-11,17H2,(H,19,20). The van der Waals surface area contributed by atoms with E-state index in [0.717, 1.165) is 25.4 Å². The fourth-order valence-corrected chi connectivity index (χ4v) is 2.03. The van der Waals surface area contributed by atoms with Crippen LogP contribution in [0.3, 0.4) is 0 Å². The van der Waals surface area contributed by atoms with Crippen LogP contribution in [-0.4, -0.2) is 23.1 Å². The first-order valence-corrected chi connectivity index (χ1v) is 7.33. The smallest absolute Gasteiger partial charge is 0.239 e. The van der Waals surface area contributed by atoms with E-state index in [1.54, 1.807) is 12.4 Å². The van der Waals surface area contributed by atoms with E-state index in [0.29, 0.717) is 17.5 Å². The summed E-state index contributed by atoms with van der Waals surface area (Å²) >= 11 is 0. The molecular formula is C16H20N4O. The summed E-state index contributed by atoms with van der Waals surface area (Å²) < 4.78 is 5.68. The number of hydrogen-bond acceptors (Lipinski definition) is 5. The Balaban J connectivity index is 1.53. The van der Waals surface area contributed by atoms with Gasteiger partial charge in [-0.05, 0) is 55.0 Å². The van der Waals surface area contributed by atoms with Gasteiger partial charge >= 0.3 is 0 Å². The van der Waals surface area contributed by atoms with Crippen LogP contribution >= 0.6 is 0 Å². The summed E-state index contributed by atoms with van der Waals surface area (Å²) in [4.78, 5) is 8.44. The molecule has 1 saturated carbocycles. The molecule has 3 rings (SSSR count). The third-order valence-corrected chi connectivity index (χ3v) is 3.51. The Labute approximate surface area is 124 Å². The molecule has 0 atom stereocenters. The Morgan fingerprint density at radius 2 is 2.00 bits per heavy atom. The molecule has 110 valence electrons. The highest BCUT2D eigenvalue weighted by atomic mass is 16.5. The number of nitrogens with two attached hydrogens (primary N) is 1. The van der Waals surface area contributed by atoms with Crippen molar-refractivity contribution in [3.8, 4) is 5.88 Å². The number of aromatic nitrogens is 2. The Kier molecular flexibility index (Phi) is 4.19. The highest BCUT2D eigenvalue weighted by molar-refractivity contribution is 5.53. The van der Waals surface area contributed by atoms with Gasteiger partial charge in [-0.3, -0.25) is 4.98 Å². The highest BCUT2D eigenvalue weighted by Gasteiger charge is 2.22. The van der Waals surface area contributed by atoms with Gasteiger partial charge < -0.3 is 15.8 Å². The van der Waals surface area contributed by atoms with Crippen LogP contribution in [0.25, 0.3) is 0 Å². The van der Waals surface area contributed by atoms with Crippen molar-refractivity contribution < 1.29 is 4.74 Å². The second-order valence-corrected chi connectivity index (χ2v) is 5.38. The molecule has 21 heavy (non-hydrogen) atoms. The maximum atomic E-state index is 5.89. The minimum atomic E-state index is 0.538. The maximum Gasteiger partial charge on any atom is 0.239 e. The van der Waals surface area contributed by atoms with E-state index >= 15 is 0 Å². The van der Waals surface area contributed by atoms with Crippen LogP contribution in [0.1, 0.15) is 18.4 Å². The summed E-state index contributed by atoms with van der Waals surface area (Å²) in [6.07, 6.45) is 7.04. The summed E-state index contributed by atoms with van der Waals surface area (Å²) in [7, 11) is 0. The first-order chi connectivity index (χ1) is 10.3. The summed E-state index contributed by atoms with van der Waals surface area (Å²) in [5, 5.41) is 3.30. The number of nitrogens with zero attached hydrogens (tertiary/aromatic N) is 2. The number of hydrogen-bond donors (Lipinski definition) is 2. The van der Waals surface area contributed by atoms with Gasteiger partial charge in [-0.25, -0.2) is 0 Å². The van der Waals surface area contributed by atoms with Crippen molar-refractivity contribution in [1.82, 2.24) is 9.97 Å². The van der Waals surface area contributed by atoms with Crippen LogP contribution in [0, 0.1) is 5.92 Å². The molecule has 0 aliphatic heterocycles. The molecule has 0 aromatic carbocycles. The Morgan fingerprint density at radius 3 is 2.76 bits per heavy atom. The lowest BCUT2D eigenvalue weighted by Gasteiger charge is -2.10. The molecule has 0 bridgehead atoms. The lowest BCUT2D eigenvalue weighted by atomic mass is 10.2. The number of nitrogen functional groups attached to an aromatic ring is 1. The van der Waals surface area contributed by atoms with E-state index in [2.05, 4.69) is 15.3 Å². The fraction of sp³-hybridized carbons (Fsp3) is 0.375. The fourth-order valence-electron chi connectivity index (χ4n) is 2.03. The van der Waals surface area contributed by atoms with Crippen molar-refractivity contribution in [3.63, 3.8) is 0 Å². The number of rotatable bonds is 7. The molecule has 0 unspecified atom stereocenters. The molecule has 0 radical (unpaired) electrons. The first kappa shape index (κ1) is 13.7. The van der Waals surface area contributed by atoms with Gasteiger partial charge in [0.25, 0.3) is 0 Å². The minimum Gasteiger partial charge on any atom is -0.476 e. The van der Waals surface area contributed by atoms with E-state index in [-0.39, 0.29) is 0 Å². The van der Waals surface area contributed by atoms with Crippen molar-refractivity contribution in [1.29, 1.82) is 0 Å². The van der Waals surface area contributed by atoms with E-state index < -0.39 is 0 Å². The lowest BCUT2D eigenvalue weighted by molar-refractivity contribution is 0.290. The van der Waals surface area contributed by atoms with Gasteiger partial charge in [0, 0.05) is 18.9 Å². The second kappa shape index (κ2) is 6.43. The van der Waals surface area contributed by atoms with Gasteiger partial charge in [0.2, 0.25) is 5.88 Å². The number of anilines is 2. The van der Waals surface area contributed by atoms with Crippen molar-refractivity contribution in [2.75, 3.05) is 24.2 Å².